The minimum atomic E-state index is -2.95. The number of hydrogen-bond donors (Lipinski definition) is 1. The Balaban J connectivity index is 2.21. The molecule has 0 saturated heterocycles. The van der Waals surface area contributed by atoms with Crippen molar-refractivity contribution in [3.8, 4) is 5.75 Å². The van der Waals surface area contributed by atoms with Gasteiger partial charge in [-0.15, -0.1) is 0 Å². The number of carbonyl (C=O) groups is 1. The molecular formula is C17H16F2N2O4. The molecule has 0 spiro atoms. The van der Waals surface area contributed by atoms with Crippen LogP contribution in [0.4, 0.5) is 14.5 Å². The molecule has 6 nitrogen and oxygen atoms in total. The molecule has 2 aromatic carbocycles. The lowest BCUT2D eigenvalue weighted by molar-refractivity contribution is -0.385. The van der Waals surface area contributed by atoms with E-state index in [9.17, 15) is 23.7 Å². The Hall–Kier alpha value is -3.03. The zero-order valence-electron chi connectivity index (χ0n) is 13.5. The van der Waals surface area contributed by atoms with Gasteiger partial charge in [0.15, 0.2) is 0 Å². The Morgan fingerprint density at radius 1 is 1.24 bits per heavy atom. The predicted octanol–water partition coefficient (Wildman–Crippen LogP) is 4.00. The Kier molecular flexibility index (Phi) is 5.63. The maximum Gasteiger partial charge on any atom is 0.387 e. The molecule has 2 aromatic rings. The Morgan fingerprint density at radius 3 is 2.56 bits per heavy atom. The fourth-order valence-corrected chi connectivity index (χ4v) is 2.40. The van der Waals surface area contributed by atoms with Crippen LogP contribution in [0.15, 0.2) is 42.5 Å². The number of ether oxygens (including phenoxy) is 1. The highest BCUT2D eigenvalue weighted by Gasteiger charge is 2.23. The summed E-state index contributed by atoms with van der Waals surface area (Å²) in [7, 11) is 0. The van der Waals surface area contributed by atoms with E-state index in [0.29, 0.717) is 11.1 Å². The van der Waals surface area contributed by atoms with Gasteiger partial charge in [-0.1, -0.05) is 24.3 Å². The van der Waals surface area contributed by atoms with E-state index in [0.717, 1.165) is 0 Å². The summed E-state index contributed by atoms with van der Waals surface area (Å²) in [6.45, 7) is 0.236. The molecule has 0 bridgehead atoms. The number of alkyl halides is 2. The molecule has 0 aliphatic heterocycles. The zero-order valence-corrected chi connectivity index (χ0v) is 13.5. The number of nitro benzene ring substituents is 1. The van der Waals surface area contributed by atoms with E-state index < -0.39 is 23.5 Å². The number of carbonyl (C=O) groups excluding carboxylic acids is 1. The molecular weight excluding hydrogens is 334 g/mol. The van der Waals surface area contributed by atoms with Crippen LogP contribution in [0.2, 0.25) is 0 Å². The number of para-hydroxylation sites is 1. The molecule has 1 N–H and O–H groups in total. The van der Waals surface area contributed by atoms with Gasteiger partial charge in [0.1, 0.15) is 11.3 Å². The van der Waals surface area contributed by atoms with Crippen LogP contribution in [0.25, 0.3) is 0 Å². The van der Waals surface area contributed by atoms with Gasteiger partial charge in [0.05, 0.1) is 11.0 Å². The summed E-state index contributed by atoms with van der Waals surface area (Å²) in [5, 5.41) is 13.8. The van der Waals surface area contributed by atoms with Gasteiger partial charge in [0.25, 0.3) is 11.6 Å². The molecule has 0 aliphatic carbocycles. The van der Waals surface area contributed by atoms with Crippen molar-refractivity contribution in [3.63, 3.8) is 0 Å². The van der Waals surface area contributed by atoms with Crippen molar-refractivity contribution < 1.29 is 23.2 Å². The summed E-state index contributed by atoms with van der Waals surface area (Å²) in [6.07, 6.45) is 0. The van der Waals surface area contributed by atoms with E-state index in [1.165, 1.54) is 24.3 Å². The fraction of sp³-hybridized carbons (Fsp3) is 0.235. The predicted molar refractivity (Wildman–Crippen MR) is 86.8 cm³/mol. The first-order chi connectivity index (χ1) is 11.8. The monoisotopic (exact) mass is 350 g/mol. The first-order valence-electron chi connectivity index (χ1n) is 7.39. The number of amides is 1. The maximum atomic E-state index is 12.4. The smallest absolute Gasteiger partial charge is 0.387 e. The van der Waals surface area contributed by atoms with Crippen LogP contribution in [-0.4, -0.2) is 17.4 Å². The summed E-state index contributed by atoms with van der Waals surface area (Å²) >= 11 is 0. The number of hydrogen-bond acceptors (Lipinski definition) is 4. The normalized spacial score (nSPS) is 11.9. The van der Waals surface area contributed by atoms with Gasteiger partial charge in [-0.05, 0) is 37.6 Å². The van der Waals surface area contributed by atoms with Gasteiger partial charge in [0, 0.05) is 5.56 Å². The average molecular weight is 350 g/mol. The van der Waals surface area contributed by atoms with E-state index in [1.807, 2.05) is 0 Å². The van der Waals surface area contributed by atoms with Crippen molar-refractivity contribution in [1.29, 1.82) is 0 Å². The van der Waals surface area contributed by atoms with Crippen LogP contribution in [0.3, 0.4) is 0 Å². The highest BCUT2D eigenvalue weighted by Crippen LogP contribution is 2.25. The van der Waals surface area contributed by atoms with Crippen molar-refractivity contribution in [2.45, 2.75) is 26.5 Å². The Morgan fingerprint density at radius 2 is 1.92 bits per heavy atom. The molecule has 1 amide bonds. The minimum absolute atomic E-state index is 0.0323. The summed E-state index contributed by atoms with van der Waals surface area (Å²) in [4.78, 5) is 23.0. The highest BCUT2D eigenvalue weighted by molar-refractivity contribution is 5.98. The average Bonchev–Trinajstić information content (AvgIpc) is 2.53. The van der Waals surface area contributed by atoms with E-state index in [2.05, 4.69) is 10.1 Å². The van der Waals surface area contributed by atoms with Crippen LogP contribution in [0.5, 0.6) is 5.75 Å². The van der Waals surface area contributed by atoms with Crippen molar-refractivity contribution in [2.75, 3.05) is 0 Å². The molecule has 2 rings (SSSR count). The topological polar surface area (TPSA) is 81.5 Å². The number of nitrogens with zero attached hydrogens (tertiary/aromatic N) is 1. The van der Waals surface area contributed by atoms with Crippen LogP contribution in [-0.2, 0) is 0 Å². The van der Waals surface area contributed by atoms with Gasteiger partial charge < -0.3 is 10.1 Å². The lowest BCUT2D eigenvalue weighted by Gasteiger charge is -2.16. The molecule has 0 aromatic heterocycles. The number of benzene rings is 2. The summed E-state index contributed by atoms with van der Waals surface area (Å²) in [6, 6.07) is 9.80. The Bertz CT molecular complexity index is 796. The third kappa shape index (κ3) is 4.50. The number of rotatable bonds is 6. The molecule has 1 atom stereocenters. The molecule has 0 saturated carbocycles. The van der Waals surface area contributed by atoms with E-state index >= 15 is 0 Å². The van der Waals surface area contributed by atoms with Crippen molar-refractivity contribution in [1.82, 2.24) is 5.32 Å². The first-order valence-corrected chi connectivity index (χ1v) is 7.39. The van der Waals surface area contributed by atoms with Gasteiger partial charge in [0.2, 0.25) is 0 Å². The molecule has 0 heterocycles. The first kappa shape index (κ1) is 18.3. The molecule has 8 heteroatoms. The van der Waals surface area contributed by atoms with Crippen LogP contribution < -0.4 is 10.1 Å². The standard InChI is InChI=1S/C17H16F2N2O4/c1-10-5-3-8-14(15(10)21(23)24)16(22)20-11(2)12-6-4-7-13(9-12)25-17(18)19/h3-9,11,17H,1-2H3,(H,20,22). The number of nitro groups is 1. The molecule has 132 valence electrons. The molecule has 1 unspecified atom stereocenters. The number of halogens is 2. The Labute approximate surface area is 142 Å². The number of nitrogens with one attached hydrogen (secondary N) is 1. The van der Waals surface area contributed by atoms with E-state index in [4.69, 9.17) is 0 Å². The quantitative estimate of drug-likeness (QED) is 0.631. The zero-order chi connectivity index (χ0) is 18.6. The SMILES string of the molecule is Cc1cccc(C(=O)NC(C)c2cccc(OC(F)F)c2)c1[N+](=O)[O-]. The maximum absolute atomic E-state index is 12.4. The van der Waals surface area contributed by atoms with Gasteiger partial charge in [-0.2, -0.15) is 8.78 Å². The van der Waals surface area contributed by atoms with Gasteiger partial charge in [-0.3, -0.25) is 14.9 Å². The van der Waals surface area contributed by atoms with Crippen molar-refractivity contribution in [2.24, 2.45) is 0 Å². The molecule has 0 fully saturated rings. The largest absolute Gasteiger partial charge is 0.435 e. The second kappa shape index (κ2) is 7.69. The van der Waals surface area contributed by atoms with Crippen molar-refractivity contribution in [3.05, 3.63) is 69.3 Å². The third-order valence-electron chi connectivity index (χ3n) is 3.60. The van der Waals surface area contributed by atoms with Crippen molar-refractivity contribution >= 4 is 11.6 Å². The lowest BCUT2D eigenvalue weighted by Crippen LogP contribution is -2.27. The van der Waals surface area contributed by atoms with Crippen LogP contribution in [0, 0.1) is 17.0 Å². The highest BCUT2D eigenvalue weighted by atomic mass is 19.3. The second-order valence-electron chi connectivity index (χ2n) is 5.37. The minimum Gasteiger partial charge on any atom is -0.435 e. The summed E-state index contributed by atoms with van der Waals surface area (Å²) in [5.41, 5.74) is 0.582. The molecule has 0 radical (unpaired) electrons. The van der Waals surface area contributed by atoms with E-state index in [-0.39, 0.29) is 17.0 Å². The third-order valence-corrected chi connectivity index (χ3v) is 3.60. The van der Waals surface area contributed by atoms with Crippen LogP contribution in [0.1, 0.15) is 34.5 Å². The fourth-order valence-electron chi connectivity index (χ4n) is 2.40. The van der Waals surface area contributed by atoms with Gasteiger partial charge in [-0.25, -0.2) is 0 Å². The molecule has 25 heavy (non-hydrogen) atoms. The van der Waals surface area contributed by atoms with Crippen LogP contribution >= 0.6 is 0 Å². The van der Waals surface area contributed by atoms with E-state index in [1.54, 1.807) is 32.0 Å². The lowest BCUT2D eigenvalue weighted by atomic mass is 10.1. The molecule has 0 aliphatic rings. The van der Waals surface area contributed by atoms with Gasteiger partial charge >= 0.3 is 6.61 Å². The summed E-state index contributed by atoms with van der Waals surface area (Å²) in [5.74, 6) is -0.654. The second-order valence-corrected chi connectivity index (χ2v) is 5.37. The summed E-state index contributed by atoms with van der Waals surface area (Å²) < 4.78 is 28.9. The number of aryl methyl sites for hydroxylation is 1.